The molecule has 178 valence electrons. The first kappa shape index (κ1) is 23.3. The summed E-state index contributed by atoms with van der Waals surface area (Å²) < 4.78 is 2.25. The normalized spacial score (nSPS) is 13.9. The number of Topliss-reactive ketones (excluding diaryl/α,β-unsaturated/α-hetero) is 1. The number of nitrogens with one attached hydrogen (secondary N) is 1. The molecule has 0 saturated carbocycles. The predicted molar refractivity (Wildman–Crippen MR) is 142 cm³/mol. The van der Waals surface area contributed by atoms with Crippen molar-refractivity contribution in [2.45, 2.75) is 25.8 Å². The molecule has 0 unspecified atom stereocenters. The molecule has 0 radical (unpaired) electrons. The number of nitrogens with zero attached hydrogens (tertiary/aromatic N) is 2. The number of rotatable bonds is 8. The molecule has 35 heavy (non-hydrogen) atoms. The fourth-order valence-electron chi connectivity index (χ4n) is 4.73. The summed E-state index contributed by atoms with van der Waals surface area (Å²) in [6.07, 6.45) is 4.42. The molecule has 2 heterocycles. The van der Waals surface area contributed by atoms with Gasteiger partial charge in [0.05, 0.1) is 11.4 Å². The van der Waals surface area contributed by atoms with Crippen LogP contribution in [0.4, 0.5) is 5.69 Å². The van der Waals surface area contributed by atoms with Crippen molar-refractivity contribution < 1.29 is 9.59 Å². The lowest BCUT2D eigenvalue weighted by Gasteiger charge is -2.15. The van der Waals surface area contributed by atoms with Crippen molar-refractivity contribution >= 4 is 39.9 Å². The van der Waals surface area contributed by atoms with Gasteiger partial charge in [-0.1, -0.05) is 48.0 Å². The molecule has 1 saturated heterocycles. The minimum atomic E-state index is -0.356. The molecule has 0 spiro atoms. The van der Waals surface area contributed by atoms with E-state index in [1.165, 1.54) is 25.9 Å². The molecule has 0 atom stereocenters. The first-order valence-corrected chi connectivity index (χ1v) is 12.4. The number of amides is 1. The molecule has 1 N–H and O–H groups in total. The highest BCUT2D eigenvalue weighted by Crippen LogP contribution is 2.27. The van der Waals surface area contributed by atoms with E-state index in [1.807, 2.05) is 54.6 Å². The Labute approximate surface area is 210 Å². The van der Waals surface area contributed by atoms with Crippen LogP contribution in [0, 0.1) is 0 Å². The summed E-state index contributed by atoms with van der Waals surface area (Å²) in [5, 5.41) is 4.27. The zero-order valence-electron chi connectivity index (χ0n) is 19.5. The molecular weight excluding hydrogens is 458 g/mol. The van der Waals surface area contributed by atoms with E-state index in [2.05, 4.69) is 27.0 Å². The van der Waals surface area contributed by atoms with Gasteiger partial charge in [0, 0.05) is 41.4 Å². The van der Waals surface area contributed by atoms with E-state index in [4.69, 9.17) is 11.6 Å². The smallest absolute Gasteiger partial charge is 0.232 e. The number of carbonyl (C=O) groups excluding carboxylic acids is 2. The number of anilines is 1. The number of benzene rings is 3. The van der Waals surface area contributed by atoms with Crippen molar-refractivity contribution in [3.63, 3.8) is 0 Å². The van der Waals surface area contributed by atoms with E-state index in [0.29, 0.717) is 16.3 Å². The van der Waals surface area contributed by atoms with Crippen LogP contribution in [-0.4, -0.2) is 40.8 Å². The number of carbonyl (C=O) groups is 2. The highest BCUT2D eigenvalue weighted by Gasteiger charge is 2.16. The van der Waals surface area contributed by atoms with Crippen LogP contribution in [0.3, 0.4) is 0 Å². The number of aromatic nitrogens is 1. The highest BCUT2D eigenvalue weighted by atomic mass is 35.5. The Bertz CT molecular complexity index is 1360. The minimum Gasteiger partial charge on any atom is -0.346 e. The molecular formula is C29H28ClN3O2. The molecule has 6 heteroatoms. The van der Waals surface area contributed by atoms with Crippen molar-refractivity contribution in [2.24, 2.45) is 0 Å². The second-order valence-corrected chi connectivity index (χ2v) is 9.45. The largest absolute Gasteiger partial charge is 0.346 e. The number of fused-ring (bicyclic) bond motifs is 1. The van der Waals surface area contributed by atoms with Gasteiger partial charge in [-0.2, -0.15) is 0 Å². The van der Waals surface area contributed by atoms with E-state index in [0.717, 1.165) is 35.1 Å². The third-order valence-corrected chi connectivity index (χ3v) is 6.92. The molecule has 1 aliphatic rings. The van der Waals surface area contributed by atoms with Crippen LogP contribution in [0.15, 0.2) is 79.0 Å². The second kappa shape index (κ2) is 10.5. The van der Waals surface area contributed by atoms with Gasteiger partial charge in [0.15, 0.2) is 5.78 Å². The van der Waals surface area contributed by atoms with E-state index >= 15 is 0 Å². The number of likely N-dealkylation sites (tertiary alicyclic amines) is 1. The Hall–Kier alpha value is -3.41. The summed E-state index contributed by atoms with van der Waals surface area (Å²) in [5.41, 5.74) is 4.12. The fraction of sp³-hybridized carbons (Fsp3) is 0.241. The zero-order chi connectivity index (χ0) is 24.2. The van der Waals surface area contributed by atoms with Crippen LogP contribution in [0.2, 0.25) is 5.02 Å². The van der Waals surface area contributed by atoms with Crippen molar-refractivity contribution in [2.75, 3.05) is 25.0 Å². The number of ketones is 1. The molecule has 5 rings (SSSR count). The summed E-state index contributed by atoms with van der Waals surface area (Å²) in [6, 6.07) is 23.1. The summed E-state index contributed by atoms with van der Waals surface area (Å²) in [6.45, 7) is 4.39. The third-order valence-electron chi connectivity index (χ3n) is 6.61. The lowest BCUT2D eigenvalue weighted by molar-refractivity contribution is -0.115. The Morgan fingerprint density at radius 3 is 2.43 bits per heavy atom. The Balaban J connectivity index is 1.21. The lowest BCUT2D eigenvalue weighted by Crippen LogP contribution is -2.23. The molecule has 1 aliphatic heterocycles. The number of halogens is 1. The topological polar surface area (TPSA) is 54.3 Å². The Kier molecular flexibility index (Phi) is 6.98. The van der Waals surface area contributed by atoms with Gasteiger partial charge in [-0.05, 0) is 73.5 Å². The molecule has 5 nitrogen and oxygen atoms in total. The van der Waals surface area contributed by atoms with E-state index in [1.54, 1.807) is 12.1 Å². The van der Waals surface area contributed by atoms with Crippen molar-refractivity contribution in [1.29, 1.82) is 0 Å². The molecule has 1 aromatic heterocycles. The minimum absolute atomic E-state index is 0.265. The molecule has 0 bridgehead atoms. The average molecular weight is 486 g/mol. The molecule has 4 aromatic rings. The van der Waals surface area contributed by atoms with E-state index in [9.17, 15) is 9.59 Å². The predicted octanol–water partition coefficient (Wildman–Crippen LogP) is 6.27. The van der Waals surface area contributed by atoms with Crippen molar-refractivity contribution in [3.8, 4) is 11.1 Å². The van der Waals surface area contributed by atoms with Gasteiger partial charge >= 0.3 is 0 Å². The van der Waals surface area contributed by atoms with Crippen molar-refractivity contribution in [1.82, 2.24) is 9.47 Å². The van der Waals surface area contributed by atoms with Gasteiger partial charge in [0.25, 0.3) is 0 Å². The maximum Gasteiger partial charge on any atom is 0.232 e. The standard InChI is InChI=1S/C29H28ClN3O2/c30-26-19-22(21-6-2-1-3-7-21)8-10-25(26)28(34)20-29(35)31-24-9-11-27-23(18-24)12-15-33(27)17-16-32-13-4-5-14-32/h1-3,6-12,15,18-19H,4-5,13-14,16-17,20H2,(H,31,35). The maximum absolute atomic E-state index is 12.8. The van der Waals surface area contributed by atoms with Gasteiger partial charge in [-0.15, -0.1) is 0 Å². The second-order valence-electron chi connectivity index (χ2n) is 9.04. The summed E-state index contributed by atoms with van der Waals surface area (Å²) in [7, 11) is 0. The van der Waals surface area contributed by atoms with Crippen LogP contribution in [0.1, 0.15) is 29.6 Å². The molecule has 1 amide bonds. The van der Waals surface area contributed by atoms with E-state index < -0.39 is 0 Å². The van der Waals surface area contributed by atoms with Crippen LogP contribution >= 0.6 is 11.6 Å². The Morgan fingerprint density at radius 2 is 1.66 bits per heavy atom. The maximum atomic E-state index is 12.8. The fourth-order valence-corrected chi connectivity index (χ4v) is 5.01. The van der Waals surface area contributed by atoms with Gasteiger partial charge < -0.3 is 14.8 Å². The first-order valence-electron chi connectivity index (χ1n) is 12.1. The third kappa shape index (κ3) is 5.47. The van der Waals surface area contributed by atoms with Crippen LogP contribution in [-0.2, 0) is 11.3 Å². The highest BCUT2D eigenvalue weighted by molar-refractivity contribution is 6.34. The van der Waals surface area contributed by atoms with Crippen molar-refractivity contribution in [3.05, 3.63) is 89.6 Å². The van der Waals surface area contributed by atoms with Crippen LogP contribution in [0.25, 0.3) is 22.0 Å². The lowest BCUT2D eigenvalue weighted by atomic mass is 10.0. The van der Waals surface area contributed by atoms with Gasteiger partial charge in [-0.25, -0.2) is 0 Å². The monoisotopic (exact) mass is 485 g/mol. The SMILES string of the molecule is O=C(CC(=O)c1ccc(-c2ccccc2)cc1Cl)Nc1ccc2c(ccn2CCN2CCCC2)c1. The summed E-state index contributed by atoms with van der Waals surface area (Å²) >= 11 is 6.39. The average Bonchev–Trinajstić information content (AvgIpc) is 3.52. The van der Waals surface area contributed by atoms with Crippen LogP contribution in [0.5, 0.6) is 0 Å². The van der Waals surface area contributed by atoms with Gasteiger partial charge in [0.1, 0.15) is 0 Å². The molecule has 3 aromatic carbocycles. The quantitative estimate of drug-likeness (QED) is 0.236. The summed E-state index contributed by atoms with van der Waals surface area (Å²) in [4.78, 5) is 27.9. The summed E-state index contributed by atoms with van der Waals surface area (Å²) in [5.74, 6) is -0.660. The Morgan fingerprint density at radius 1 is 0.857 bits per heavy atom. The first-order chi connectivity index (χ1) is 17.1. The number of hydrogen-bond donors (Lipinski definition) is 1. The molecule has 1 fully saturated rings. The zero-order valence-corrected chi connectivity index (χ0v) is 20.3. The molecule has 0 aliphatic carbocycles. The van der Waals surface area contributed by atoms with E-state index in [-0.39, 0.29) is 18.1 Å². The van der Waals surface area contributed by atoms with Crippen LogP contribution < -0.4 is 5.32 Å². The number of hydrogen-bond acceptors (Lipinski definition) is 3. The van der Waals surface area contributed by atoms with Gasteiger partial charge in [-0.3, -0.25) is 9.59 Å². The van der Waals surface area contributed by atoms with Gasteiger partial charge in [0.2, 0.25) is 5.91 Å².